The Hall–Kier alpha value is -5.51. The number of nitrogens with two attached hydrogens (primary N) is 3. The maximum absolute atomic E-state index is 14.3. The van der Waals surface area contributed by atoms with Crippen LogP contribution in [0.2, 0.25) is 0 Å². The number of primary amides is 1. The Bertz CT molecular complexity index is 1820. The number of carboxylic acid groups (broad SMARTS) is 1. The number of fused-ring (bicyclic) bond motifs is 2. The van der Waals surface area contributed by atoms with Gasteiger partial charge in [0, 0.05) is 54.5 Å². The Labute approximate surface area is 336 Å². The summed E-state index contributed by atoms with van der Waals surface area (Å²) >= 11 is 0. The summed E-state index contributed by atoms with van der Waals surface area (Å²) in [5.74, 6) is -6.51. The molecule has 0 aliphatic carbocycles. The first-order valence-electron chi connectivity index (χ1n) is 17.9. The predicted molar refractivity (Wildman–Crippen MR) is 215 cm³/mol. The molecule has 312 valence electrons. The standard InChI is InChI=1S/C34H47N11O9S2.CH4/c35-29(50)24-17-56-55-12-9-26(46)41-21(7-3-10-38-34(36)37)30(51)40-16-27(47)42-22(14-28(48)49)31(52)43-23(13-18-15-39-20-6-2-1-5-19(18)20)33(54)45-11-4-8-25(45)32(53)44-24;/h1-2,5-6,15,21-25,39H,3-4,7-14,16-17H2,(H2,35,50)(H,40,51)(H,41,46)(H,42,47)(H,43,52)(H,44,53)(H,48,49)(H4,36,37,38);1H4. The number of aliphatic carboxylic acids is 1. The smallest absolute Gasteiger partial charge is 0.305 e. The number of aromatic nitrogens is 1. The molecule has 4 rings (SSSR count). The molecule has 57 heavy (non-hydrogen) atoms. The molecule has 7 amide bonds. The van der Waals surface area contributed by atoms with Crippen LogP contribution in [0.25, 0.3) is 10.9 Å². The molecule has 5 unspecified atom stereocenters. The third-order valence-electron chi connectivity index (χ3n) is 8.99. The van der Waals surface area contributed by atoms with Gasteiger partial charge in [-0.2, -0.15) is 0 Å². The molecule has 0 saturated carbocycles. The first-order chi connectivity index (χ1) is 26.7. The second-order valence-corrected chi connectivity index (χ2v) is 15.8. The number of carbonyl (C=O) groups excluding carboxylic acids is 7. The van der Waals surface area contributed by atoms with E-state index in [1.165, 1.54) is 26.5 Å². The molecule has 0 radical (unpaired) electrons. The van der Waals surface area contributed by atoms with Crippen molar-refractivity contribution in [2.75, 3.05) is 31.1 Å². The maximum Gasteiger partial charge on any atom is 0.305 e. The van der Waals surface area contributed by atoms with Gasteiger partial charge in [0.25, 0.3) is 0 Å². The average molecular weight is 834 g/mol. The zero-order valence-corrected chi connectivity index (χ0v) is 32.0. The molecule has 1 aromatic carbocycles. The molecule has 3 heterocycles. The number of hydrogen-bond acceptors (Lipinski definition) is 11. The lowest BCUT2D eigenvalue weighted by Gasteiger charge is -2.30. The molecule has 0 bridgehead atoms. The van der Waals surface area contributed by atoms with Crippen LogP contribution in [0.4, 0.5) is 0 Å². The van der Waals surface area contributed by atoms with Gasteiger partial charge in [-0.3, -0.25) is 43.3 Å². The van der Waals surface area contributed by atoms with Gasteiger partial charge < -0.3 is 58.8 Å². The number of aliphatic imine (C=N–C) groups is 1. The van der Waals surface area contributed by atoms with Crippen molar-refractivity contribution in [3.8, 4) is 0 Å². The van der Waals surface area contributed by atoms with Crippen LogP contribution in [-0.2, 0) is 44.8 Å². The van der Waals surface area contributed by atoms with E-state index in [0.29, 0.717) is 12.0 Å². The molecule has 2 aliphatic heterocycles. The molecule has 2 aliphatic rings. The van der Waals surface area contributed by atoms with Crippen molar-refractivity contribution in [2.45, 2.75) is 82.6 Å². The number of aromatic amines is 1. The van der Waals surface area contributed by atoms with Crippen LogP contribution in [0.1, 0.15) is 51.5 Å². The number of guanidine groups is 1. The van der Waals surface area contributed by atoms with Gasteiger partial charge in [0.2, 0.25) is 41.4 Å². The zero-order valence-electron chi connectivity index (χ0n) is 30.4. The summed E-state index contributed by atoms with van der Waals surface area (Å²) in [6.07, 6.45) is 1.76. The number of carbonyl (C=O) groups is 8. The highest BCUT2D eigenvalue weighted by Gasteiger charge is 2.40. The topological polar surface area (TPSA) is 326 Å². The number of rotatable bonds is 9. The van der Waals surface area contributed by atoms with Crippen molar-refractivity contribution in [2.24, 2.45) is 22.2 Å². The normalized spacial score (nSPS) is 23.4. The lowest BCUT2D eigenvalue weighted by atomic mass is 10.0. The van der Waals surface area contributed by atoms with Crippen molar-refractivity contribution < 1.29 is 43.5 Å². The van der Waals surface area contributed by atoms with Crippen LogP contribution in [0, 0.1) is 0 Å². The zero-order chi connectivity index (χ0) is 40.8. The summed E-state index contributed by atoms with van der Waals surface area (Å²) in [7, 11) is 2.43. The van der Waals surface area contributed by atoms with Crippen molar-refractivity contribution in [3.05, 3.63) is 36.0 Å². The van der Waals surface area contributed by atoms with Gasteiger partial charge in [0.05, 0.1) is 13.0 Å². The van der Waals surface area contributed by atoms with E-state index in [1.807, 2.05) is 18.2 Å². The van der Waals surface area contributed by atoms with Gasteiger partial charge in [-0.25, -0.2) is 0 Å². The number of para-hydroxylation sites is 1. The van der Waals surface area contributed by atoms with E-state index in [2.05, 4.69) is 36.6 Å². The first-order valence-corrected chi connectivity index (χ1v) is 20.4. The molecule has 2 fully saturated rings. The van der Waals surface area contributed by atoms with Gasteiger partial charge in [-0.15, -0.1) is 0 Å². The molecule has 2 saturated heterocycles. The first kappa shape index (κ1) is 45.9. The fourth-order valence-corrected chi connectivity index (χ4v) is 8.39. The third-order valence-corrected chi connectivity index (χ3v) is 11.4. The quantitative estimate of drug-likeness (QED) is 0.0578. The van der Waals surface area contributed by atoms with E-state index in [4.69, 9.17) is 17.2 Å². The van der Waals surface area contributed by atoms with Crippen LogP contribution in [0.15, 0.2) is 35.5 Å². The van der Waals surface area contributed by atoms with Gasteiger partial charge in [-0.1, -0.05) is 47.2 Å². The minimum atomic E-state index is -1.68. The van der Waals surface area contributed by atoms with Gasteiger partial charge in [0.1, 0.15) is 30.2 Å². The minimum absolute atomic E-state index is 0. The molecule has 0 spiro atoms. The van der Waals surface area contributed by atoms with Crippen LogP contribution in [0.3, 0.4) is 0 Å². The molecule has 13 N–H and O–H groups in total. The highest BCUT2D eigenvalue weighted by Crippen LogP contribution is 2.25. The summed E-state index contributed by atoms with van der Waals surface area (Å²) in [6.45, 7) is -0.380. The maximum atomic E-state index is 14.3. The van der Waals surface area contributed by atoms with E-state index in [1.54, 1.807) is 12.3 Å². The third kappa shape index (κ3) is 13.9. The fraction of sp³-hybridized carbons (Fsp3) is 0.514. The Kier molecular flexibility index (Phi) is 17.9. The number of hydrogen-bond donors (Lipinski definition) is 10. The Balaban J connectivity index is 0.00000870. The van der Waals surface area contributed by atoms with E-state index < -0.39 is 90.5 Å². The molecular formula is C35H51N11O9S2. The van der Waals surface area contributed by atoms with E-state index in [9.17, 15) is 43.5 Å². The van der Waals surface area contributed by atoms with Crippen LogP contribution < -0.4 is 43.8 Å². The highest BCUT2D eigenvalue weighted by atomic mass is 33.1. The van der Waals surface area contributed by atoms with E-state index >= 15 is 0 Å². The Morgan fingerprint density at radius 3 is 2.35 bits per heavy atom. The summed E-state index contributed by atoms with van der Waals surface area (Å²) in [5.41, 5.74) is 17.8. The molecule has 5 atom stereocenters. The Morgan fingerprint density at radius 1 is 0.895 bits per heavy atom. The summed E-state index contributed by atoms with van der Waals surface area (Å²) in [5, 5.41) is 23.0. The monoisotopic (exact) mass is 833 g/mol. The van der Waals surface area contributed by atoms with Crippen molar-refractivity contribution in [3.63, 3.8) is 0 Å². The highest BCUT2D eigenvalue weighted by molar-refractivity contribution is 8.76. The number of amides is 7. The molecule has 20 nitrogen and oxygen atoms in total. The lowest BCUT2D eigenvalue weighted by Crippen LogP contribution is -2.59. The second-order valence-electron chi connectivity index (χ2n) is 13.1. The number of H-pyrrole nitrogens is 1. The van der Waals surface area contributed by atoms with Gasteiger partial charge in [0.15, 0.2) is 5.96 Å². The lowest BCUT2D eigenvalue weighted by molar-refractivity contribution is -0.143. The van der Waals surface area contributed by atoms with Crippen molar-refractivity contribution in [1.29, 1.82) is 0 Å². The van der Waals surface area contributed by atoms with E-state index in [-0.39, 0.29) is 70.1 Å². The number of benzene rings is 1. The minimum Gasteiger partial charge on any atom is -0.481 e. The second kappa shape index (κ2) is 22.3. The molecule has 22 heteroatoms. The Morgan fingerprint density at radius 2 is 1.63 bits per heavy atom. The largest absolute Gasteiger partial charge is 0.481 e. The molecular weight excluding hydrogens is 783 g/mol. The SMILES string of the molecule is C.NC(=O)C1CSSCCC(=O)NC(CCCN=C(N)N)C(=O)NCC(=O)NC(CC(=O)O)C(=O)NC(Cc2c[nH]c3ccccc23)C(=O)N2CCCC2C(=O)N1. The summed E-state index contributed by atoms with van der Waals surface area (Å²) in [6, 6.07) is 1.01. The number of nitrogens with one attached hydrogen (secondary N) is 6. The molecule has 1 aromatic heterocycles. The van der Waals surface area contributed by atoms with Gasteiger partial charge in [-0.05, 0) is 37.3 Å². The van der Waals surface area contributed by atoms with E-state index in [0.717, 1.165) is 10.9 Å². The van der Waals surface area contributed by atoms with Crippen LogP contribution in [0.5, 0.6) is 0 Å². The predicted octanol–water partition coefficient (Wildman–Crippen LogP) is -1.81. The summed E-state index contributed by atoms with van der Waals surface area (Å²) < 4.78 is 0. The van der Waals surface area contributed by atoms with Crippen LogP contribution in [-0.4, -0.2) is 130 Å². The van der Waals surface area contributed by atoms with Gasteiger partial charge >= 0.3 is 5.97 Å². The average Bonchev–Trinajstić information content (AvgIpc) is 3.81. The number of carboxylic acids is 1. The van der Waals surface area contributed by atoms with Crippen molar-refractivity contribution >= 4 is 85.8 Å². The molecule has 2 aromatic rings. The van der Waals surface area contributed by atoms with Crippen LogP contribution >= 0.6 is 21.6 Å². The van der Waals surface area contributed by atoms with Crippen molar-refractivity contribution in [1.82, 2.24) is 36.5 Å². The number of nitrogens with zero attached hydrogens (tertiary/aromatic N) is 2. The summed E-state index contributed by atoms with van der Waals surface area (Å²) in [4.78, 5) is 113. The fourth-order valence-electron chi connectivity index (χ4n) is 6.23.